The Kier molecular flexibility index (Phi) is 5.60. The first-order chi connectivity index (χ1) is 8.97. The quantitative estimate of drug-likeness (QED) is 0.825. The highest BCUT2D eigenvalue weighted by atomic mass is 16.5. The average Bonchev–Trinajstić information content (AvgIpc) is 2.38. The Labute approximate surface area is 114 Å². The Bertz CT molecular complexity index is 431. The molecule has 0 aromatic carbocycles. The van der Waals surface area contributed by atoms with Gasteiger partial charge in [0.15, 0.2) is 17.7 Å². The Morgan fingerprint density at radius 1 is 1.42 bits per heavy atom. The summed E-state index contributed by atoms with van der Waals surface area (Å²) in [7, 11) is 0. The first-order valence-electron chi connectivity index (χ1n) is 6.68. The molecule has 1 amide bonds. The Morgan fingerprint density at radius 2 is 2.05 bits per heavy atom. The van der Waals surface area contributed by atoms with E-state index < -0.39 is 6.10 Å². The molecule has 1 heterocycles. The summed E-state index contributed by atoms with van der Waals surface area (Å²) in [6.07, 6.45) is 1.22. The van der Waals surface area contributed by atoms with E-state index in [1.54, 1.807) is 19.1 Å². The van der Waals surface area contributed by atoms with Crippen LogP contribution in [0.15, 0.2) is 12.1 Å². The molecule has 0 spiro atoms. The van der Waals surface area contributed by atoms with E-state index >= 15 is 0 Å². The van der Waals surface area contributed by atoms with Gasteiger partial charge in [0.25, 0.3) is 5.91 Å². The minimum absolute atomic E-state index is 0.131. The molecule has 0 aliphatic heterocycles. The van der Waals surface area contributed by atoms with Gasteiger partial charge in [0.05, 0.1) is 0 Å². The molecule has 0 saturated carbocycles. The fraction of sp³-hybridized carbons (Fsp3) is 0.571. The van der Waals surface area contributed by atoms with Crippen molar-refractivity contribution < 1.29 is 9.53 Å². The van der Waals surface area contributed by atoms with Crippen molar-refractivity contribution in [3.05, 3.63) is 17.8 Å². The number of carbonyl (C=O) groups is 1. The van der Waals surface area contributed by atoms with E-state index in [0.717, 1.165) is 18.5 Å². The van der Waals surface area contributed by atoms with Gasteiger partial charge in [0, 0.05) is 11.7 Å². The summed E-state index contributed by atoms with van der Waals surface area (Å²) in [5.41, 5.74) is 6.57. The molecule has 0 aliphatic rings. The molecule has 1 aromatic heterocycles. The number of carbonyl (C=O) groups excluding carboxylic acids is 1. The Balaban J connectivity index is 2.63. The molecule has 1 aromatic rings. The largest absolute Gasteiger partial charge is 0.477 e. The van der Waals surface area contributed by atoms with Crippen LogP contribution in [0, 0.1) is 6.92 Å². The summed E-state index contributed by atoms with van der Waals surface area (Å²) >= 11 is 0. The molecule has 1 atom stereocenters. The molecule has 0 radical (unpaired) electrons. The predicted octanol–water partition coefficient (Wildman–Crippen LogP) is 2.04. The van der Waals surface area contributed by atoms with Crippen LogP contribution in [0.1, 0.15) is 39.3 Å². The number of amides is 1. The zero-order valence-electron chi connectivity index (χ0n) is 12.1. The van der Waals surface area contributed by atoms with Crippen molar-refractivity contribution in [3.63, 3.8) is 0 Å². The van der Waals surface area contributed by atoms with Crippen LogP contribution >= 0.6 is 0 Å². The van der Waals surface area contributed by atoms with Gasteiger partial charge in [-0.05, 0) is 38.8 Å². The third-order valence-electron chi connectivity index (χ3n) is 3.03. The van der Waals surface area contributed by atoms with Gasteiger partial charge in [-0.3, -0.25) is 4.79 Å². The number of hydrogen-bond donors (Lipinski definition) is 2. The molecule has 1 unspecified atom stereocenters. The fourth-order valence-electron chi connectivity index (χ4n) is 1.72. The number of anilines is 1. The highest BCUT2D eigenvalue weighted by molar-refractivity contribution is 5.81. The molecule has 106 valence electrons. The lowest BCUT2D eigenvalue weighted by atomic mass is 10.1. The Morgan fingerprint density at radius 3 is 2.58 bits per heavy atom. The van der Waals surface area contributed by atoms with Crippen LogP contribution in [0.25, 0.3) is 0 Å². The SMILES string of the molecule is CCC(CC)NC(=O)C(C)Oc1ccc(C)nc1N. The summed E-state index contributed by atoms with van der Waals surface area (Å²) in [4.78, 5) is 16.1. The lowest BCUT2D eigenvalue weighted by molar-refractivity contribution is -0.128. The minimum atomic E-state index is -0.590. The second-order valence-corrected chi connectivity index (χ2v) is 4.62. The van der Waals surface area contributed by atoms with Crippen molar-refractivity contribution in [2.75, 3.05) is 5.73 Å². The van der Waals surface area contributed by atoms with E-state index in [-0.39, 0.29) is 11.9 Å². The second kappa shape index (κ2) is 6.97. The molecule has 0 saturated heterocycles. The van der Waals surface area contributed by atoms with Gasteiger partial charge in [-0.25, -0.2) is 4.98 Å². The molecule has 3 N–H and O–H groups in total. The van der Waals surface area contributed by atoms with Crippen LogP contribution in [0.3, 0.4) is 0 Å². The van der Waals surface area contributed by atoms with Crippen LogP contribution < -0.4 is 15.8 Å². The Hall–Kier alpha value is -1.78. The van der Waals surface area contributed by atoms with E-state index in [4.69, 9.17) is 10.5 Å². The van der Waals surface area contributed by atoms with E-state index in [1.807, 2.05) is 20.8 Å². The van der Waals surface area contributed by atoms with Crippen molar-refractivity contribution in [2.24, 2.45) is 0 Å². The summed E-state index contributed by atoms with van der Waals surface area (Å²) < 4.78 is 5.55. The number of nitrogen functional groups attached to an aromatic ring is 1. The highest BCUT2D eigenvalue weighted by Gasteiger charge is 2.18. The van der Waals surface area contributed by atoms with Crippen molar-refractivity contribution in [1.82, 2.24) is 10.3 Å². The van der Waals surface area contributed by atoms with Crippen molar-refractivity contribution >= 4 is 11.7 Å². The van der Waals surface area contributed by atoms with E-state index in [0.29, 0.717) is 11.6 Å². The number of aromatic nitrogens is 1. The lowest BCUT2D eigenvalue weighted by Gasteiger charge is -2.19. The topological polar surface area (TPSA) is 77.2 Å². The molecule has 0 aliphatic carbocycles. The van der Waals surface area contributed by atoms with Gasteiger partial charge in [0.2, 0.25) is 0 Å². The first kappa shape index (κ1) is 15.3. The number of hydrogen-bond acceptors (Lipinski definition) is 4. The van der Waals surface area contributed by atoms with Gasteiger partial charge in [-0.15, -0.1) is 0 Å². The van der Waals surface area contributed by atoms with Gasteiger partial charge < -0.3 is 15.8 Å². The fourth-order valence-corrected chi connectivity index (χ4v) is 1.72. The number of nitrogens with two attached hydrogens (primary N) is 1. The monoisotopic (exact) mass is 265 g/mol. The maximum absolute atomic E-state index is 12.0. The molecule has 1 rings (SSSR count). The molecule has 5 heteroatoms. The van der Waals surface area contributed by atoms with Crippen molar-refractivity contribution in [2.45, 2.75) is 52.7 Å². The van der Waals surface area contributed by atoms with Crippen molar-refractivity contribution in [1.29, 1.82) is 0 Å². The molecule has 0 bridgehead atoms. The van der Waals surface area contributed by atoms with Gasteiger partial charge >= 0.3 is 0 Å². The molecular weight excluding hydrogens is 242 g/mol. The first-order valence-corrected chi connectivity index (χ1v) is 6.68. The number of aryl methyl sites for hydroxylation is 1. The summed E-state index contributed by atoms with van der Waals surface area (Å²) in [6, 6.07) is 3.72. The van der Waals surface area contributed by atoms with Crippen LogP contribution in [0.2, 0.25) is 0 Å². The van der Waals surface area contributed by atoms with E-state index in [2.05, 4.69) is 10.3 Å². The van der Waals surface area contributed by atoms with E-state index in [9.17, 15) is 4.79 Å². The average molecular weight is 265 g/mol. The summed E-state index contributed by atoms with van der Waals surface area (Å²) in [5.74, 6) is 0.619. The molecule has 19 heavy (non-hydrogen) atoms. The molecule has 0 fully saturated rings. The normalized spacial score (nSPS) is 12.3. The summed E-state index contributed by atoms with van der Waals surface area (Å²) in [5, 5.41) is 2.94. The smallest absolute Gasteiger partial charge is 0.260 e. The molecular formula is C14H23N3O2. The molecule has 5 nitrogen and oxygen atoms in total. The maximum Gasteiger partial charge on any atom is 0.260 e. The number of rotatable bonds is 6. The van der Waals surface area contributed by atoms with Crippen LogP contribution in [-0.2, 0) is 4.79 Å². The summed E-state index contributed by atoms with van der Waals surface area (Å²) in [6.45, 7) is 7.64. The number of nitrogens with zero attached hydrogens (tertiary/aromatic N) is 1. The van der Waals surface area contributed by atoms with Crippen LogP contribution in [0.5, 0.6) is 5.75 Å². The zero-order valence-corrected chi connectivity index (χ0v) is 12.1. The number of pyridine rings is 1. The van der Waals surface area contributed by atoms with Gasteiger partial charge in [-0.1, -0.05) is 13.8 Å². The minimum Gasteiger partial charge on any atom is -0.477 e. The van der Waals surface area contributed by atoms with Gasteiger partial charge in [-0.2, -0.15) is 0 Å². The highest BCUT2D eigenvalue weighted by Crippen LogP contribution is 2.20. The number of nitrogens with one attached hydrogen (secondary N) is 1. The lowest BCUT2D eigenvalue weighted by Crippen LogP contribution is -2.42. The van der Waals surface area contributed by atoms with Crippen LogP contribution in [0.4, 0.5) is 5.82 Å². The maximum atomic E-state index is 12.0. The second-order valence-electron chi connectivity index (χ2n) is 4.62. The van der Waals surface area contributed by atoms with Crippen LogP contribution in [-0.4, -0.2) is 23.0 Å². The van der Waals surface area contributed by atoms with Gasteiger partial charge in [0.1, 0.15) is 0 Å². The third-order valence-corrected chi connectivity index (χ3v) is 3.03. The predicted molar refractivity (Wildman–Crippen MR) is 76.0 cm³/mol. The van der Waals surface area contributed by atoms with Crippen molar-refractivity contribution in [3.8, 4) is 5.75 Å². The zero-order chi connectivity index (χ0) is 14.4. The standard InChI is InChI=1S/C14H23N3O2/c1-5-11(6-2)17-14(18)10(4)19-12-8-7-9(3)16-13(12)15/h7-8,10-11H,5-6H2,1-4H3,(H2,15,16)(H,17,18). The third kappa shape index (κ3) is 4.43. The number of ether oxygens (including phenoxy) is 1. The van der Waals surface area contributed by atoms with E-state index in [1.165, 1.54) is 0 Å².